The van der Waals surface area contributed by atoms with Crippen LogP contribution in [0, 0.1) is 17.5 Å². The van der Waals surface area contributed by atoms with Crippen LogP contribution in [0.5, 0.6) is 0 Å². The van der Waals surface area contributed by atoms with Crippen LogP contribution in [0.25, 0.3) is 10.9 Å². The Morgan fingerprint density at radius 1 is 0.913 bits per heavy atom. The number of carbonyl (C=O) groups excluding carboxylic acids is 2. The minimum atomic E-state index is -0.907. The van der Waals surface area contributed by atoms with E-state index in [1.807, 2.05) is 0 Å². The number of benzene rings is 2. The zero-order chi connectivity index (χ0) is 34.0. The van der Waals surface area contributed by atoms with Crippen molar-refractivity contribution in [2.75, 3.05) is 33.5 Å². The minimum Gasteiger partial charge on any atom is -0.465 e. The molecule has 0 fully saturated rings. The Kier molecular flexibility index (Phi) is 12.3. The van der Waals surface area contributed by atoms with Crippen LogP contribution in [-0.4, -0.2) is 70.1 Å². The lowest BCUT2D eigenvalue weighted by Gasteiger charge is -2.14. The molecule has 0 spiro atoms. The fourth-order valence-corrected chi connectivity index (χ4v) is 4.29. The number of likely N-dealkylation sites (N-methyl/N-ethyl adjacent to an activating group) is 1. The van der Waals surface area contributed by atoms with Gasteiger partial charge in [-0.2, -0.15) is 0 Å². The highest BCUT2D eigenvalue weighted by atomic mass is 19.1. The highest BCUT2D eigenvalue weighted by molar-refractivity contribution is 5.90. The van der Waals surface area contributed by atoms with Crippen molar-refractivity contribution >= 4 is 34.5 Å². The van der Waals surface area contributed by atoms with Crippen molar-refractivity contribution in [3.8, 4) is 0 Å². The van der Waals surface area contributed by atoms with Crippen LogP contribution in [0.4, 0.5) is 23.7 Å². The van der Waals surface area contributed by atoms with E-state index in [1.54, 1.807) is 49.1 Å². The predicted molar refractivity (Wildman–Crippen MR) is 169 cm³/mol. The van der Waals surface area contributed by atoms with Gasteiger partial charge in [-0.3, -0.25) is 14.4 Å². The van der Waals surface area contributed by atoms with Gasteiger partial charge in [0.15, 0.2) is 0 Å². The molecule has 3 amide bonds. The van der Waals surface area contributed by atoms with Crippen LogP contribution in [0.3, 0.4) is 0 Å². The Bertz CT molecular complexity index is 1800. The van der Waals surface area contributed by atoms with Crippen LogP contribution in [-0.2, 0) is 22.7 Å². The molecule has 4 rings (SSSR count). The second-order valence-corrected chi connectivity index (χ2v) is 10.8. The van der Waals surface area contributed by atoms with Crippen molar-refractivity contribution in [1.82, 2.24) is 18.9 Å². The van der Waals surface area contributed by atoms with Crippen molar-refractivity contribution in [2.45, 2.75) is 32.4 Å². The fraction of sp³-hybridized carbons (Fsp3) is 0.273. The number of pyridine rings is 1. The van der Waals surface area contributed by atoms with E-state index in [9.17, 15) is 32.3 Å². The third-order valence-electron chi connectivity index (χ3n) is 6.78. The first-order chi connectivity index (χ1) is 21.8. The lowest BCUT2D eigenvalue weighted by atomic mass is 10.2. The predicted octanol–water partition coefficient (Wildman–Crippen LogP) is 5.30. The quantitative estimate of drug-likeness (QED) is 0.181. The summed E-state index contributed by atoms with van der Waals surface area (Å²) in [6, 6.07) is 12.4. The van der Waals surface area contributed by atoms with Crippen LogP contribution in [0.15, 0.2) is 77.7 Å². The van der Waals surface area contributed by atoms with Gasteiger partial charge in [-0.1, -0.05) is 12.1 Å². The summed E-state index contributed by atoms with van der Waals surface area (Å²) in [5.41, 5.74) is 1.11. The third-order valence-corrected chi connectivity index (χ3v) is 6.78. The molecule has 46 heavy (non-hydrogen) atoms. The number of allylic oxidation sites excluding steroid dienone is 1. The number of unbranched alkanes of at least 4 members (excludes halogenated alkanes) is 1. The number of fused-ring (bicyclic) bond motifs is 1. The highest BCUT2D eigenvalue weighted by Gasteiger charge is 2.15. The third kappa shape index (κ3) is 9.84. The molecule has 2 N–H and O–H groups in total. The van der Waals surface area contributed by atoms with Crippen LogP contribution < -0.4 is 10.9 Å². The zero-order valence-electron chi connectivity index (χ0n) is 26.0. The maximum atomic E-state index is 14.5. The molecule has 10 nitrogen and oxygen atoms in total. The van der Waals surface area contributed by atoms with Gasteiger partial charge in [0.1, 0.15) is 23.1 Å². The fourth-order valence-electron chi connectivity index (χ4n) is 4.29. The first kappa shape index (κ1) is 35.2. The number of nitrogens with one attached hydrogen (secondary N) is 1. The summed E-state index contributed by atoms with van der Waals surface area (Å²) in [7, 11) is 6.25. The van der Waals surface area contributed by atoms with Gasteiger partial charge in [-0.15, -0.1) is 0 Å². The van der Waals surface area contributed by atoms with Crippen molar-refractivity contribution in [3.63, 3.8) is 0 Å². The molecule has 0 aliphatic rings. The second-order valence-electron chi connectivity index (χ2n) is 10.8. The molecule has 0 atom stereocenters. The number of hydrogen-bond acceptors (Lipinski definition) is 4. The number of anilines is 1. The van der Waals surface area contributed by atoms with Crippen molar-refractivity contribution in [3.05, 3.63) is 112 Å². The van der Waals surface area contributed by atoms with Gasteiger partial charge in [0, 0.05) is 69.0 Å². The van der Waals surface area contributed by atoms with Crippen LogP contribution in [0.2, 0.25) is 0 Å². The van der Waals surface area contributed by atoms with Gasteiger partial charge < -0.3 is 29.4 Å². The molecule has 0 aliphatic carbocycles. The first-order valence-electron chi connectivity index (χ1n) is 14.3. The summed E-state index contributed by atoms with van der Waals surface area (Å²) in [6.07, 6.45) is 5.01. The second kappa shape index (κ2) is 16.1. The molecule has 0 saturated heterocycles. The van der Waals surface area contributed by atoms with Gasteiger partial charge in [0.2, 0.25) is 11.8 Å². The van der Waals surface area contributed by atoms with Gasteiger partial charge in [0.25, 0.3) is 5.56 Å². The van der Waals surface area contributed by atoms with E-state index in [-0.39, 0.29) is 42.6 Å². The molecule has 0 saturated carbocycles. The number of aromatic nitrogens is 2. The van der Waals surface area contributed by atoms with Crippen molar-refractivity contribution in [1.29, 1.82) is 0 Å². The van der Waals surface area contributed by atoms with Crippen molar-refractivity contribution < 1.29 is 32.7 Å². The Hall–Kier alpha value is -5.33. The summed E-state index contributed by atoms with van der Waals surface area (Å²) in [5.74, 6) is -2.32. The van der Waals surface area contributed by atoms with E-state index in [0.29, 0.717) is 29.4 Å². The summed E-state index contributed by atoms with van der Waals surface area (Å²) in [4.78, 5) is 49.3. The molecular formula is C33H36F3N5O5. The monoisotopic (exact) mass is 639 g/mol. The van der Waals surface area contributed by atoms with Crippen molar-refractivity contribution in [2.24, 2.45) is 0 Å². The molecule has 2 heterocycles. The molecule has 0 bridgehead atoms. The molecule has 13 heteroatoms. The SMILES string of the molecule is CN(C)C(=O)/C=C/CCCC(=O)Nc1cccn(Cc2cc3cc(F)ccc3n2Cc2ccc(F)cc2F)c1=O.CN(C)C(=O)O. The van der Waals surface area contributed by atoms with Crippen LogP contribution in [0.1, 0.15) is 30.5 Å². The van der Waals surface area contributed by atoms with Crippen LogP contribution >= 0.6 is 0 Å². The maximum Gasteiger partial charge on any atom is 0.406 e. The lowest BCUT2D eigenvalue weighted by Crippen LogP contribution is -2.26. The average molecular weight is 640 g/mol. The number of hydrogen-bond donors (Lipinski definition) is 2. The number of carbonyl (C=O) groups is 3. The Morgan fingerprint density at radius 3 is 2.24 bits per heavy atom. The van der Waals surface area contributed by atoms with Gasteiger partial charge in [0.05, 0.1) is 13.1 Å². The van der Waals surface area contributed by atoms with E-state index in [2.05, 4.69) is 5.32 Å². The maximum absolute atomic E-state index is 14.5. The Balaban J connectivity index is 0.000000875. The van der Waals surface area contributed by atoms with E-state index in [1.165, 1.54) is 60.0 Å². The molecule has 244 valence electrons. The summed E-state index contributed by atoms with van der Waals surface area (Å²) in [6.45, 7) is 0.0999. The molecule has 4 aromatic rings. The number of nitrogens with zero attached hydrogens (tertiary/aromatic N) is 4. The molecule has 0 radical (unpaired) electrons. The number of carboxylic acid groups (broad SMARTS) is 1. The minimum absolute atomic E-state index is 0.0380. The zero-order valence-corrected chi connectivity index (χ0v) is 26.0. The van der Waals surface area contributed by atoms with E-state index < -0.39 is 29.1 Å². The standard InChI is InChI=1S/C30H29F3N4O3.C3H7NO2/c1-35(2)29(39)9-5-3-4-8-28(38)34-26-7-6-14-36(30(26)40)19-24-16-21-15-22(31)12-13-27(21)37(24)18-20-10-11-23(32)17-25(20)33;1-4(2)3(5)6/h5-7,9-17H,3-4,8,18-19H2,1-2H3,(H,34,38);1-2H3,(H,5,6)/b9-5+;. The Morgan fingerprint density at radius 2 is 1.59 bits per heavy atom. The first-order valence-corrected chi connectivity index (χ1v) is 14.3. The molecule has 2 aromatic carbocycles. The topological polar surface area (TPSA) is 117 Å². The normalized spacial score (nSPS) is 10.8. The molecule has 0 unspecified atom stereocenters. The molecular weight excluding hydrogens is 603 g/mol. The molecule has 2 aromatic heterocycles. The largest absolute Gasteiger partial charge is 0.465 e. The Labute approximate surface area is 264 Å². The summed E-state index contributed by atoms with van der Waals surface area (Å²) < 4.78 is 45.0. The van der Waals surface area contributed by atoms with E-state index in [4.69, 9.17) is 5.11 Å². The lowest BCUT2D eigenvalue weighted by molar-refractivity contribution is -0.123. The number of amides is 3. The summed E-state index contributed by atoms with van der Waals surface area (Å²) in [5, 5.41) is 11.1. The molecule has 0 aliphatic heterocycles. The van der Waals surface area contributed by atoms with Gasteiger partial charge in [-0.05, 0) is 61.4 Å². The van der Waals surface area contributed by atoms with Gasteiger partial charge in [-0.25, -0.2) is 18.0 Å². The smallest absolute Gasteiger partial charge is 0.406 e. The van der Waals surface area contributed by atoms with E-state index >= 15 is 0 Å². The highest BCUT2D eigenvalue weighted by Crippen LogP contribution is 2.24. The van der Waals surface area contributed by atoms with Gasteiger partial charge >= 0.3 is 6.09 Å². The van der Waals surface area contributed by atoms with E-state index in [0.717, 1.165) is 11.0 Å². The number of rotatable bonds is 10. The number of halogens is 3. The summed E-state index contributed by atoms with van der Waals surface area (Å²) >= 11 is 0. The average Bonchev–Trinajstić information content (AvgIpc) is 3.31.